The molecule has 32 heavy (non-hydrogen) atoms. The number of para-hydroxylation sites is 1. The summed E-state index contributed by atoms with van der Waals surface area (Å²) < 4.78 is 5.99. The molecular formula is C25H26N4O3. The molecule has 2 aromatic carbocycles. The highest BCUT2D eigenvalue weighted by Crippen LogP contribution is 2.19. The first kappa shape index (κ1) is 21.4. The number of rotatable bonds is 6. The van der Waals surface area contributed by atoms with Crippen LogP contribution in [0.3, 0.4) is 0 Å². The number of nitrogens with one attached hydrogen (secondary N) is 2. The number of pyridine rings is 1. The van der Waals surface area contributed by atoms with Gasteiger partial charge in [-0.3, -0.25) is 9.78 Å². The molecule has 1 aliphatic rings. The van der Waals surface area contributed by atoms with E-state index >= 15 is 0 Å². The maximum absolute atomic E-state index is 12.7. The average Bonchev–Trinajstić information content (AvgIpc) is 2.84. The molecule has 0 bridgehead atoms. The van der Waals surface area contributed by atoms with Crippen molar-refractivity contribution in [3.8, 4) is 5.75 Å². The van der Waals surface area contributed by atoms with Gasteiger partial charge in [0.05, 0.1) is 17.4 Å². The summed E-state index contributed by atoms with van der Waals surface area (Å²) in [6.45, 7) is 1.64. The maximum atomic E-state index is 12.7. The highest BCUT2D eigenvalue weighted by Gasteiger charge is 2.24. The molecule has 1 aliphatic heterocycles. The smallest absolute Gasteiger partial charge is 0.321 e. The highest BCUT2D eigenvalue weighted by atomic mass is 16.5. The number of hydrogen-bond donors (Lipinski definition) is 2. The van der Waals surface area contributed by atoms with Crippen molar-refractivity contribution in [1.82, 2.24) is 15.2 Å². The summed E-state index contributed by atoms with van der Waals surface area (Å²) in [4.78, 5) is 31.0. The van der Waals surface area contributed by atoms with Gasteiger partial charge in [-0.25, -0.2) is 4.79 Å². The number of likely N-dealkylation sites (tertiary alicyclic amines) is 1. The third-order valence-electron chi connectivity index (χ3n) is 5.32. The van der Waals surface area contributed by atoms with E-state index in [1.807, 2.05) is 60.7 Å². The van der Waals surface area contributed by atoms with Crippen molar-refractivity contribution in [2.24, 2.45) is 0 Å². The van der Waals surface area contributed by atoms with Crippen LogP contribution >= 0.6 is 0 Å². The Hall–Kier alpha value is -3.87. The fourth-order valence-electron chi connectivity index (χ4n) is 3.58. The van der Waals surface area contributed by atoms with Crippen LogP contribution in [0.4, 0.5) is 10.5 Å². The molecule has 0 spiro atoms. The molecule has 3 aromatic rings. The molecule has 0 unspecified atom stereocenters. The molecular weight excluding hydrogens is 404 g/mol. The highest BCUT2D eigenvalue weighted by molar-refractivity contribution is 5.96. The second kappa shape index (κ2) is 10.4. The lowest BCUT2D eigenvalue weighted by atomic mass is 10.1. The van der Waals surface area contributed by atoms with E-state index in [2.05, 4.69) is 15.6 Å². The fraction of sp³-hybridized carbons (Fsp3) is 0.240. The molecule has 7 heteroatoms. The van der Waals surface area contributed by atoms with E-state index in [-0.39, 0.29) is 18.0 Å². The van der Waals surface area contributed by atoms with Crippen molar-refractivity contribution < 1.29 is 14.3 Å². The SMILES string of the molecule is O=C(NCc1ccccc1)c1cncc(NC(=O)N2CCC(Oc3ccccc3)CC2)c1. The van der Waals surface area contributed by atoms with Crippen LogP contribution in [0.1, 0.15) is 28.8 Å². The molecule has 164 valence electrons. The van der Waals surface area contributed by atoms with Gasteiger partial charge in [0.25, 0.3) is 5.91 Å². The van der Waals surface area contributed by atoms with Gasteiger partial charge in [0.15, 0.2) is 0 Å². The largest absolute Gasteiger partial charge is 0.490 e. The van der Waals surface area contributed by atoms with E-state index in [9.17, 15) is 9.59 Å². The Balaban J connectivity index is 1.27. The van der Waals surface area contributed by atoms with Crippen LogP contribution in [-0.4, -0.2) is 41.0 Å². The second-order valence-corrected chi connectivity index (χ2v) is 7.68. The number of piperidine rings is 1. The zero-order chi connectivity index (χ0) is 22.2. The number of carbonyl (C=O) groups is 2. The average molecular weight is 431 g/mol. The Labute approximate surface area is 187 Å². The number of hydrogen-bond acceptors (Lipinski definition) is 4. The van der Waals surface area contributed by atoms with Crippen LogP contribution in [0.25, 0.3) is 0 Å². The van der Waals surface area contributed by atoms with Gasteiger partial charge in [-0.2, -0.15) is 0 Å². The third kappa shape index (κ3) is 5.85. The molecule has 0 atom stereocenters. The number of urea groups is 1. The van der Waals surface area contributed by atoms with Crippen LogP contribution < -0.4 is 15.4 Å². The number of carbonyl (C=O) groups excluding carboxylic acids is 2. The van der Waals surface area contributed by atoms with Crippen molar-refractivity contribution in [2.75, 3.05) is 18.4 Å². The maximum Gasteiger partial charge on any atom is 0.321 e. The van der Waals surface area contributed by atoms with Gasteiger partial charge in [0.1, 0.15) is 11.9 Å². The minimum atomic E-state index is -0.240. The summed E-state index contributed by atoms with van der Waals surface area (Å²) in [5.74, 6) is 0.611. The number of amides is 3. The van der Waals surface area contributed by atoms with Crippen molar-refractivity contribution in [1.29, 1.82) is 0 Å². The van der Waals surface area contributed by atoms with Gasteiger partial charge in [-0.1, -0.05) is 48.5 Å². The Bertz CT molecular complexity index is 1040. The van der Waals surface area contributed by atoms with E-state index in [0.717, 1.165) is 24.2 Å². The Morgan fingerprint density at radius 3 is 2.38 bits per heavy atom. The summed E-state index contributed by atoms with van der Waals surface area (Å²) in [6, 6.07) is 20.8. The summed E-state index contributed by atoms with van der Waals surface area (Å²) in [6.07, 6.45) is 4.66. The zero-order valence-corrected chi connectivity index (χ0v) is 17.7. The number of aromatic nitrogens is 1. The van der Waals surface area contributed by atoms with Crippen LogP contribution in [0.15, 0.2) is 79.1 Å². The van der Waals surface area contributed by atoms with E-state index in [1.165, 1.54) is 12.4 Å². The molecule has 7 nitrogen and oxygen atoms in total. The lowest BCUT2D eigenvalue weighted by molar-refractivity contribution is 0.0950. The quantitative estimate of drug-likeness (QED) is 0.617. The van der Waals surface area contributed by atoms with Crippen LogP contribution in [0.2, 0.25) is 0 Å². The van der Waals surface area contributed by atoms with Gasteiger partial charge in [0.2, 0.25) is 0 Å². The molecule has 4 rings (SSSR count). The summed E-state index contributed by atoms with van der Waals surface area (Å²) in [7, 11) is 0. The monoisotopic (exact) mass is 430 g/mol. The van der Waals surface area contributed by atoms with Crippen molar-refractivity contribution in [2.45, 2.75) is 25.5 Å². The Kier molecular flexibility index (Phi) is 6.97. The lowest BCUT2D eigenvalue weighted by Crippen LogP contribution is -2.43. The third-order valence-corrected chi connectivity index (χ3v) is 5.32. The first-order valence-corrected chi connectivity index (χ1v) is 10.7. The van der Waals surface area contributed by atoms with E-state index in [4.69, 9.17) is 4.74 Å². The summed E-state index contributed by atoms with van der Waals surface area (Å²) in [5, 5.41) is 5.72. The van der Waals surface area contributed by atoms with Gasteiger partial charge >= 0.3 is 6.03 Å². The number of benzene rings is 2. The van der Waals surface area contributed by atoms with Gasteiger partial charge in [0, 0.05) is 38.7 Å². The summed E-state index contributed by atoms with van der Waals surface area (Å²) >= 11 is 0. The van der Waals surface area contributed by atoms with Crippen molar-refractivity contribution in [3.05, 3.63) is 90.3 Å². The minimum absolute atomic E-state index is 0.0970. The molecule has 1 aromatic heterocycles. The van der Waals surface area contributed by atoms with Crippen LogP contribution in [-0.2, 0) is 6.54 Å². The van der Waals surface area contributed by atoms with Crippen molar-refractivity contribution >= 4 is 17.6 Å². The topological polar surface area (TPSA) is 83.6 Å². The first-order valence-electron chi connectivity index (χ1n) is 10.7. The summed E-state index contributed by atoms with van der Waals surface area (Å²) in [5.41, 5.74) is 1.90. The normalized spacial score (nSPS) is 13.9. The second-order valence-electron chi connectivity index (χ2n) is 7.68. The predicted octanol–water partition coefficient (Wildman–Crippen LogP) is 4.09. The lowest BCUT2D eigenvalue weighted by Gasteiger charge is -2.32. The zero-order valence-electron chi connectivity index (χ0n) is 17.7. The number of anilines is 1. The molecule has 2 heterocycles. The molecule has 0 radical (unpaired) electrons. The molecule has 0 saturated carbocycles. The number of nitrogens with zero attached hydrogens (tertiary/aromatic N) is 2. The standard InChI is InChI=1S/C25H26N4O3/c30-24(27-16-19-7-3-1-4-8-19)20-15-21(18-26-17-20)28-25(31)29-13-11-23(12-14-29)32-22-9-5-2-6-10-22/h1-10,15,17-18,23H,11-14,16H2,(H,27,30)(H,28,31). The van der Waals surface area contributed by atoms with Gasteiger partial charge < -0.3 is 20.3 Å². The molecule has 1 saturated heterocycles. The number of ether oxygens (including phenoxy) is 1. The van der Waals surface area contributed by atoms with E-state index in [1.54, 1.807) is 11.0 Å². The first-order chi connectivity index (χ1) is 15.7. The fourth-order valence-corrected chi connectivity index (χ4v) is 3.58. The molecule has 2 N–H and O–H groups in total. The van der Waals surface area contributed by atoms with Gasteiger partial charge in [-0.05, 0) is 23.8 Å². The van der Waals surface area contributed by atoms with Crippen molar-refractivity contribution in [3.63, 3.8) is 0 Å². The van der Waals surface area contributed by atoms with Crippen LogP contribution in [0, 0.1) is 0 Å². The van der Waals surface area contributed by atoms with E-state index < -0.39 is 0 Å². The van der Waals surface area contributed by atoms with Crippen LogP contribution in [0.5, 0.6) is 5.75 Å². The Morgan fingerprint density at radius 2 is 1.66 bits per heavy atom. The molecule has 0 aliphatic carbocycles. The molecule has 3 amide bonds. The predicted molar refractivity (Wildman–Crippen MR) is 123 cm³/mol. The molecule has 1 fully saturated rings. The minimum Gasteiger partial charge on any atom is -0.490 e. The Morgan fingerprint density at radius 1 is 0.969 bits per heavy atom. The van der Waals surface area contributed by atoms with Gasteiger partial charge in [-0.15, -0.1) is 0 Å². The van der Waals surface area contributed by atoms with E-state index in [0.29, 0.717) is 30.9 Å².